The van der Waals surface area contributed by atoms with Crippen LogP contribution in [0.3, 0.4) is 0 Å². The molecule has 0 aliphatic rings. The molecule has 0 aliphatic carbocycles. The Labute approximate surface area is 86.2 Å². The van der Waals surface area contributed by atoms with Crippen LogP contribution in [0, 0.1) is 0 Å². The largest absolute Gasteiger partial charge is 0.409 e. The number of rotatable bonds is 6. The molecule has 78 valence electrons. The van der Waals surface area contributed by atoms with Crippen LogP contribution in [0.1, 0.15) is 32.3 Å². The molecular weight excluding hydrogens is 174 g/mol. The van der Waals surface area contributed by atoms with Crippen molar-refractivity contribution in [2.24, 2.45) is 0 Å². The number of benzene rings is 1. The summed E-state index contributed by atoms with van der Waals surface area (Å²) in [6, 6.07) is 8.18. The van der Waals surface area contributed by atoms with Crippen molar-refractivity contribution in [3.8, 4) is 5.75 Å². The zero-order valence-corrected chi connectivity index (χ0v) is 9.05. The van der Waals surface area contributed by atoms with Crippen molar-refractivity contribution in [1.29, 1.82) is 0 Å². The van der Waals surface area contributed by atoms with Crippen LogP contribution in [-0.4, -0.2) is 6.54 Å². The first kappa shape index (κ1) is 11.1. The van der Waals surface area contributed by atoms with E-state index in [1.165, 1.54) is 12.0 Å². The lowest BCUT2D eigenvalue weighted by atomic mass is 10.2. The van der Waals surface area contributed by atoms with E-state index >= 15 is 0 Å². The number of unbranched alkanes of at least 4 members (excludes halogenated alkanes) is 1. The Morgan fingerprint density at radius 2 is 1.86 bits per heavy atom. The van der Waals surface area contributed by atoms with Gasteiger partial charge in [-0.05, 0) is 30.5 Å². The molecule has 1 aromatic rings. The van der Waals surface area contributed by atoms with Crippen LogP contribution in [-0.2, 0) is 6.42 Å². The maximum Gasteiger partial charge on any atom is 0.147 e. The van der Waals surface area contributed by atoms with Gasteiger partial charge in [-0.15, -0.1) is 0 Å². The Hall–Kier alpha value is -1.02. The molecule has 0 aliphatic heterocycles. The van der Waals surface area contributed by atoms with Gasteiger partial charge in [-0.3, -0.25) is 0 Å². The van der Waals surface area contributed by atoms with Crippen LogP contribution in [0.25, 0.3) is 0 Å². The van der Waals surface area contributed by atoms with Crippen molar-refractivity contribution in [1.82, 2.24) is 5.48 Å². The van der Waals surface area contributed by atoms with E-state index in [1.54, 1.807) is 0 Å². The van der Waals surface area contributed by atoms with Crippen LogP contribution >= 0.6 is 0 Å². The first-order valence-corrected chi connectivity index (χ1v) is 5.35. The van der Waals surface area contributed by atoms with Gasteiger partial charge in [-0.2, -0.15) is 5.48 Å². The molecule has 0 fully saturated rings. The van der Waals surface area contributed by atoms with Gasteiger partial charge in [0.15, 0.2) is 0 Å². The van der Waals surface area contributed by atoms with E-state index in [0.717, 1.165) is 25.1 Å². The highest BCUT2D eigenvalue weighted by Crippen LogP contribution is 2.11. The zero-order valence-electron chi connectivity index (χ0n) is 9.05. The molecule has 2 nitrogen and oxygen atoms in total. The molecule has 0 amide bonds. The molecule has 14 heavy (non-hydrogen) atoms. The number of nitrogens with one attached hydrogen (secondary N) is 1. The molecule has 1 aromatic carbocycles. The Morgan fingerprint density at radius 3 is 2.43 bits per heavy atom. The lowest BCUT2D eigenvalue weighted by Gasteiger charge is -2.06. The molecule has 0 saturated heterocycles. The van der Waals surface area contributed by atoms with Crippen molar-refractivity contribution in [2.75, 3.05) is 6.54 Å². The van der Waals surface area contributed by atoms with Gasteiger partial charge in [0, 0.05) is 6.54 Å². The van der Waals surface area contributed by atoms with Crippen molar-refractivity contribution in [3.05, 3.63) is 29.8 Å². The number of hydrogen-bond donors (Lipinski definition) is 1. The third kappa shape index (κ3) is 3.79. The average Bonchev–Trinajstić information content (AvgIpc) is 2.25. The Bertz CT molecular complexity index is 243. The van der Waals surface area contributed by atoms with E-state index in [9.17, 15) is 0 Å². The van der Waals surface area contributed by atoms with Crippen LogP contribution in [0.15, 0.2) is 24.3 Å². The fourth-order valence-electron chi connectivity index (χ4n) is 1.18. The van der Waals surface area contributed by atoms with E-state index in [2.05, 4.69) is 31.5 Å². The van der Waals surface area contributed by atoms with Gasteiger partial charge in [0.1, 0.15) is 5.75 Å². The third-order valence-electron chi connectivity index (χ3n) is 2.15. The molecule has 1 rings (SSSR count). The van der Waals surface area contributed by atoms with E-state index in [0.29, 0.717) is 0 Å². The molecule has 2 heteroatoms. The summed E-state index contributed by atoms with van der Waals surface area (Å²) in [6.45, 7) is 5.22. The fraction of sp³-hybridized carbons (Fsp3) is 0.500. The number of hydrogen-bond acceptors (Lipinski definition) is 2. The van der Waals surface area contributed by atoms with Gasteiger partial charge in [-0.25, -0.2) is 0 Å². The summed E-state index contributed by atoms with van der Waals surface area (Å²) >= 11 is 0. The van der Waals surface area contributed by atoms with Gasteiger partial charge in [-0.1, -0.05) is 32.4 Å². The molecule has 0 radical (unpaired) electrons. The van der Waals surface area contributed by atoms with Gasteiger partial charge in [0.2, 0.25) is 0 Å². The SMILES string of the molecule is CCCCNOc1ccc(CC)cc1. The van der Waals surface area contributed by atoms with Crippen molar-refractivity contribution >= 4 is 0 Å². The Balaban J connectivity index is 2.29. The molecule has 0 unspecified atom stereocenters. The third-order valence-corrected chi connectivity index (χ3v) is 2.15. The minimum Gasteiger partial charge on any atom is -0.409 e. The standard InChI is InChI=1S/C12H19NO/c1-3-5-10-13-14-12-8-6-11(4-2)7-9-12/h6-9,13H,3-5,10H2,1-2H3. The zero-order chi connectivity index (χ0) is 10.2. The predicted molar refractivity (Wildman–Crippen MR) is 59.4 cm³/mol. The molecule has 0 atom stereocenters. The summed E-state index contributed by atoms with van der Waals surface area (Å²) in [7, 11) is 0. The van der Waals surface area contributed by atoms with E-state index in [1.807, 2.05) is 12.1 Å². The maximum absolute atomic E-state index is 5.36. The van der Waals surface area contributed by atoms with Crippen LogP contribution < -0.4 is 10.3 Å². The average molecular weight is 193 g/mol. The summed E-state index contributed by atoms with van der Waals surface area (Å²) in [5.74, 6) is 0.887. The topological polar surface area (TPSA) is 21.3 Å². The Morgan fingerprint density at radius 1 is 1.14 bits per heavy atom. The van der Waals surface area contributed by atoms with E-state index < -0.39 is 0 Å². The second kappa shape index (κ2) is 6.44. The maximum atomic E-state index is 5.36. The van der Waals surface area contributed by atoms with Crippen molar-refractivity contribution < 1.29 is 4.84 Å². The smallest absolute Gasteiger partial charge is 0.147 e. The summed E-state index contributed by atoms with van der Waals surface area (Å²) in [5.41, 5.74) is 4.28. The van der Waals surface area contributed by atoms with Crippen LogP contribution in [0.4, 0.5) is 0 Å². The lowest BCUT2D eigenvalue weighted by molar-refractivity contribution is 0.194. The summed E-state index contributed by atoms with van der Waals surface area (Å²) < 4.78 is 0. The summed E-state index contributed by atoms with van der Waals surface area (Å²) in [6.07, 6.45) is 3.40. The minimum atomic E-state index is 0.887. The summed E-state index contributed by atoms with van der Waals surface area (Å²) in [4.78, 5) is 5.36. The summed E-state index contributed by atoms with van der Waals surface area (Å²) in [5, 5.41) is 0. The quantitative estimate of drug-likeness (QED) is 0.554. The van der Waals surface area contributed by atoms with E-state index in [-0.39, 0.29) is 0 Å². The highest BCUT2D eigenvalue weighted by Gasteiger charge is 1.93. The van der Waals surface area contributed by atoms with E-state index in [4.69, 9.17) is 4.84 Å². The monoisotopic (exact) mass is 193 g/mol. The van der Waals surface area contributed by atoms with Crippen LogP contribution in [0.5, 0.6) is 5.75 Å². The minimum absolute atomic E-state index is 0.887. The fourth-order valence-corrected chi connectivity index (χ4v) is 1.18. The number of hydroxylamine groups is 1. The molecule has 0 bridgehead atoms. The molecule has 1 N–H and O–H groups in total. The first-order valence-electron chi connectivity index (χ1n) is 5.35. The second-order valence-corrected chi connectivity index (χ2v) is 3.35. The Kier molecular flexibility index (Phi) is 5.08. The van der Waals surface area contributed by atoms with Crippen molar-refractivity contribution in [2.45, 2.75) is 33.1 Å². The molecule has 0 aromatic heterocycles. The number of aryl methyl sites for hydroxylation is 1. The van der Waals surface area contributed by atoms with Gasteiger partial charge in [0.05, 0.1) is 0 Å². The molecule has 0 spiro atoms. The normalized spacial score (nSPS) is 10.1. The van der Waals surface area contributed by atoms with Crippen molar-refractivity contribution in [3.63, 3.8) is 0 Å². The predicted octanol–water partition coefficient (Wildman–Crippen LogP) is 2.93. The second-order valence-electron chi connectivity index (χ2n) is 3.35. The first-order chi connectivity index (χ1) is 6.86. The molecule has 0 heterocycles. The van der Waals surface area contributed by atoms with Gasteiger partial charge >= 0.3 is 0 Å². The lowest BCUT2D eigenvalue weighted by Crippen LogP contribution is -2.19. The van der Waals surface area contributed by atoms with Gasteiger partial charge in [0.25, 0.3) is 0 Å². The highest BCUT2D eigenvalue weighted by atomic mass is 16.6. The van der Waals surface area contributed by atoms with Crippen LogP contribution in [0.2, 0.25) is 0 Å². The highest BCUT2D eigenvalue weighted by molar-refractivity contribution is 5.26. The molecule has 0 saturated carbocycles. The molecular formula is C12H19NO. The van der Waals surface area contributed by atoms with Gasteiger partial charge < -0.3 is 4.84 Å².